The Bertz CT molecular complexity index is 3350. The average Bonchev–Trinajstić information content (AvgIpc) is 3.92. The summed E-state index contributed by atoms with van der Waals surface area (Å²) < 4.78 is 13.6. The summed E-state index contributed by atoms with van der Waals surface area (Å²) in [5.74, 6) is 2.35. The summed E-state index contributed by atoms with van der Waals surface area (Å²) in [4.78, 5) is 4.92. The number of ether oxygens (including phenoxy) is 1. The molecule has 3 aromatic heterocycles. The fourth-order valence-electron chi connectivity index (χ4n) is 9.47. The molecule has 0 aliphatic carbocycles. The zero-order valence-corrected chi connectivity index (χ0v) is 40.1. The maximum absolute atomic E-state index is 6.97. The van der Waals surface area contributed by atoms with E-state index in [4.69, 9.17) is 9.72 Å². The van der Waals surface area contributed by atoms with Crippen molar-refractivity contribution in [3.63, 3.8) is 0 Å². The first-order chi connectivity index (χ1) is 32.1. The van der Waals surface area contributed by atoms with Crippen LogP contribution in [-0.4, -0.2) is 14.1 Å². The van der Waals surface area contributed by atoms with Gasteiger partial charge in [0.05, 0.1) is 28.1 Å². The van der Waals surface area contributed by atoms with Crippen LogP contribution in [-0.2, 0) is 16.2 Å². The molecule has 0 spiro atoms. The van der Waals surface area contributed by atoms with Gasteiger partial charge < -0.3 is 4.74 Å². The number of hydrogen-bond donors (Lipinski definition) is 0. The Morgan fingerprint density at radius 1 is 0.493 bits per heavy atom. The molecule has 0 amide bonds. The van der Waals surface area contributed by atoms with E-state index in [9.17, 15) is 0 Å². The standard InChI is InChI=1S/C62H58N4O/c1-60(2,3)46-31-32-63-58(35-46)66-55-28-20-19-27-51(55)52-30-29-49(39-56(52)66)67-50-34-45(42-21-13-10-14-22-42)33-47(36-50)64-40-57(61(4,5)6)65(41-64)48-37-53(43-23-15-11-16-24-43)59(62(7,8)9)54(38-48)44-25-17-12-18-26-44/h10-40H,1-9H3. The Hall–Kier alpha value is -7.50. The summed E-state index contributed by atoms with van der Waals surface area (Å²) in [7, 11) is 0. The van der Waals surface area contributed by atoms with Gasteiger partial charge >= 0.3 is 0 Å². The lowest BCUT2D eigenvalue weighted by Crippen LogP contribution is -2.39. The molecule has 0 saturated carbocycles. The Kier molecular flexibility index (Phi) is 10.8. The van der Waals surface area contributed by atoms with Crippen LogP contribution in [0.2, 0.25) is 0 Å². The van der Waals surface area contributed by atoms with Gasteiger partial charge in [-0.05, 0) is 121 Å². The lowest BCUT2D eigenvalue weighted by molar-refractivity contribution is -0.611. The van der Waals surface area contributed by atoms with Crippen molar-refractivity contribution in [2.45, 2.75) is 78.6 Å². The molecule has 67 heavy (non-hydrogen) atoms. The zero-order valence-electron chi connectivity index (χ0n) is 40.1. The smallest absolute Gasteiger partial charge is 0.269 e. The number of rotatable bonds is 8. The molecule has 0 saturated heterocycles. The van der Waals surface area contributed by atoms with Gasteiger partial charge in [0.1, 0.15) is 17.3 Å². The molecule has 0 N–H and O–H groups in total. The van der Waals surface area contributed by atoms with Gasteiger partial charge in [0, 0.05) is 29.2 Å². The van der Waals surface area contributed by atoms with E-state index < -0.39 is 0 Å². The van der Waals surface area contributed by atoms with Gasteiger partial charge in [-0.1, -0.05) is 172 Å². The molecule has 0 unspecified atom stereocenters. The largest absolute Gasteiger partial charge is 0.458 e. The first-order valence-corrected chi connectivity index (χ1v) is 23.4. The highest BCUT2D eigenvalue weighted by molar-refractivity contribution is 6.09. The molecule has 3 heterocycles. The topological polar surface area (TPSA) is 35.9 Å². The van der Waals surface area contributed by atoms with Crippen molar-refractivity contribution in [2.75, 3.05) is 0 Å². The van der Waals surface area contributed by atoms with Crippen LogP contribution in [0.3, 0.4) is 0 Å². The maximum atomic E-state index is 6.97. The van der Waals surface area contributed by atoms with Gasteiger partial charge in [0.2, 0.25) is 0 Å². The minimum Gasteiger partial charge on any atom is -0.458 e. The second-order valence-electron chi connectivity index (χ2n) is 20.8. The van der Waals surface area contributed by atoms with Crippen LogP contribution in [0.1, 0.15) is 79.1 Å². The third-order valence-corrected chi connectivity index (χ3v) is 12.8. The van der Waals surface area contributed by atoms with Crippen LogP contribution in [0.5, 0.6) is 11.5 Å². The second kappa shape index (κ2) is 16.7. The molecule has 5 nitrogen and oxygen atoms in total. The molecular formula is C62H58N4O. The van der Waals surface area contributed by atoms with E-state index in [2.05, 4.69) is 264 Å². The van der Waals surface area contributed by atoms with E-state index in [0.717, 1.165) is 61.9 Å². The van der Waals surface area contributed by atoms with Crippen molar-refractivity contribution < 1.29 is 9.30 Å². The van der Waals surface area contributed by atoms with Gasteiger partial charge in [0.25, 0.3) is 6.33 Å². The van der Waals surface area contributed by atoms with Crippen molar-refractivity contribution in [2.24, 2.45) is 0 Å². The predicted molar refractivity (Wildman–Crippen MR) is 277 cm³/mol. The lowest BCUT2D eigenvalue weighted by atomic mass is 9.77. The van der Waals surface area contributed by atoms with E-state index in [1.807, 2.05) is 6.20 Å². The van der Waals surface area contributed by atoms with Gasteiger partial charge in [-0.2, -0.15) is 0 Å². The SMILES string of the molecule is CC(C)(C)c1ccnc(-n2c3ccccc3c3ccc(Oc4cc(-c5ccccc5)cc(-n5[c-][n+](-c6cc(-c7ccccc7)c(C(C)(C)C)c(-c7ccccc7)c6)c(C(C)(C)C)c5)c4)cc32)c1. The molecule has 7 aromatic carbocycles. The van der Waals surface area contributed by atoms with Crippen LogP contribution >= 0.6 is 0 Å². The van der Waals surface area contributed by atoms with E-state index in [0.29, 0.717) is 0 Å². The summed E-state index contributed by atoms with van der Waals surface area (Å²) in [5.41, 5.74) is 14.4. The summed E-state index contributed by atoms with van der Waals surface area (Å²) in [6.45, 7) is 20.5. The summed E-state index contributed by atoms with van der Waals surface area (Å²) in [6, 6.07) is 62.6. The number of para-hydroxylation sites is 1. The number of aromatic nitrogens is 4. The Morgan fingerprint density at radius 3 is 1.70 bits per heavy atom. The minimum atomic E-state index is -0.226. The summed E-state index contributed by atoms with van der Waals surface area (Å²) in [6.07, 6.45) is 8.01. The van der Waals surface area contributed by atoms with Gasteiger partial charge in [0.15, 0.2) is 0 Å². The summed E-state index contributed by atoms with van der Waals surface area (Å²) in [5, 5.41) is 2.32. The molecule has 0 radical (unpaired) electrons. The minimum absolute atomic E-state index is 0.0245. The summed E-state index contributed by atoms with van der Waals surface area (Å²) >= 11 is 0. The third kappa shape index (κ3) is 8.47. The maximum Gasteiger partial charge on any atom is 0.269 e. The van der Waals surface area contributed by atoms with E-state index in [1.54, 1.807) is 0 Å². The van der Waals surface area contributed by atoms with Crippen molar-refractivity contribution in [1.29, 1.82) is 0 Å². The fraction of sp³-hybridized carbons (Fsp3) is 0.194. The first kappa shape index (κ1) is 43.4. The van der Waals surface area contributed by atoms with Crippen LogP contribution in [0.4, 0.5) is 0 Å². The lowest BCUT2D eigenvalue weighted by Gasteiger charge is -2.29. The van der Waals surface area contributed by atoms with Crippen molar-refractivity contribution >= 4 is 21.8 Å². The zero-order chi connectivity index (χ0) is 46.7. The highest BCUT2D eigenvalue weighted by Crippen LogP contribution is 2.42. The average molecular weight is 875 g/mol. The number of benzene rings is 7. The molecule has 10 aromatic rings. The normalized spacial score (nSPS) is 12.3. The monoisotopic (exact) mass is 874 g/mol. The number of imidazole rings is 1. The van der Waals surface area contributed by atoms with E-state index in [-0.39, 0.29) is 16.2 Å². The Balaban J connectivity index is 1.14. The van der Waals surface area contributed by atoms with E-state index >= 15 is 0 Å². The molecule has 0 atom stereocenters. The van der Waals surface area contributed by atoms with E-state index in [1.165, 1.54) is 38.8 Å². The van der Waals surface area contributed by atoms with Crippen LogP contribution in [0.25, 0.3) is 72.4 Å². The molecule has 5 heteroatoms. The predicted octanol–water partition coefficient (Wildman–Crippen LogP) is 15.7. The van der Waals surface area contributed by atoms with Crippen LogP contribution in [0, 0.1) is 6.33 Å². The highest BCUT2D eigenvalue weighted by atomic mass is 16.5. The molecule has 332 valence electrons. The number of hydrogen-bond acceptors (Lipinski definition) is 2. The number of nitrogens with zero attached hydrogens (tertiary/aromatic N) is 4. The van der Waals surface area contributed by atoms with Gasteiger partial charge in [-0.15, -0.1) is 0 Å². The number of fused-ring (bicyclic) bond motifs is 3. The van der Waals surface area contributed by atoms with Crippen molar-refractivity contribution in [1.82, 2.24) is 14.1 Å². The number of pyridine rings is 1. The molecule has 10 rings (SSSR count). The first-order valence-electron chi connectivity index (χ1n) is 23.4. The van der Waals surface area contributed by atoms with Crippen LogP contribution < -0.4 is 9.30 Å². The van der Waals surface area contributed by atoms with Crippen molar-refractivity contribution in [3.05, 3.63) is 211 Å². The highest BCUT2D eigenvalue weighted by Gasteiger charge is 2.28. The van der Waals surface area contributed by atoms with Crippen LogP contribution in [0.15, 0.2) is 188 Å². The Labute approximate surface area is 395 Å². The fourth-order valence-corrected chi connectivity index (χ4v) is 9.47. The van der Waals surface area contributed by atoms with Gasteiger partial charge in [-0.3, -0.25) is 13.7 Å². The van der Waals surface area contributed by atoms with Crippen molar-refractivity contribution in [3.8, 4) is 62.1 Å². The van der Waals surface area contributed by atoms with Gasteiger partial charge in [-0.25, -0.2) is 4.98 Å². The molecule has 0 bridgehead atoms. The molecule has 0 fully saturated rings. The molecular weight excluding hydrogens is 817 g/mol. The quantitative estimate of drug-likeness (QED) is 0.113. The molecule has 0 aliphatic heterocycles. The Morgan fingerprint density at radius 2 is 1.09 bits per heavy atom. The molecule has 0 aliphatic rings. The third-order valence-electron chi connectivity index (χ3n) is 12.8. The second-order valence-corrected chi connectivity index (χ2v) is 20.8.